The van der Waals surface area contributed by atoms with Gasteiger partial charge in [0, 0.05) is 38.8 Å². The Kier molecular flexibility index (Phi) is 9.48. The summed E-state index contributed by atoms with van der Waals surface area (Å²) in [5.41, 5.74) is 0.322. The molecule has 1 aromatic carbocycles. The van der Waals surface area contributed by atoms with E-state index in [0.29, 0.717) is 19.7 Å². The number of carbonyl (C=O) groups excluding carboxylic acids is 3. The molecule has 0 saturated carbocycles. The van der Waals surface area contributed by atoms with E-state index >= 15 is 0 Å². The van der Waals surface area contributed by atoms with E-state index in [1.807, 2.05) is 45.0 Å². The quantitative estimate of drug-likeness (QED) is 0.253. The van der Waals surface area contributed by atoms with Crippen molar-refractivity contribution in [2.45, 2.75) is 26.4 Å². The molecule has 2 aliphatic rings. The number of piperazine rings is 1. The Labute approximate surface area is 214 Å². The van der Waals surface area contributed by atoms with Gasteiger partial charge in [-0.05, 0) is 62.4 Å². The summed E-state index contributed by atoms with van der Waals surface area (Å²) in [4.78, 5) is 39.4. The maximum absolute atomic E-state index is 12.2. The molecule has 11 nitrogen and oxygen atoms in total. The summed E-state index contributed by atoms with van der Waals surface area (Å²) >= 11 is 1.01. The van der Waals surface area contributed by atoms with E-state index in [0.717, 1.165) is 48.8 Å². The third-order valence-electron chi connectivity index (χ3n) is 5.04. The third kappa shape index (κ3) is 8.68. The molecule has 1 aromatic rings. The zero-order valence-corrected chi connectivity index (χ0v) is 21.7. The van der Waals surface area contributed by atoms with Crippen molar-refractivity contribution >= 4 is 41.1 Å². The lowest BCUT2D eigenvalue weighted by atomic mass is 10.2. The van der Waals surface area contributed by atoms with Crippen molar-refractivity contribution in [1.29, 1.82) is 0 Å². The number of esters is 1. The van der Waals surface area contributed by atoms with Crippen LogP contribution in [0.1, 0.15) is 26.3 Å². The van der Waals surface area contributed by atoms with E-state index < -0.39 is 17.5 Å². The van der Waals surface area contributed by atoms with Crippen molar-refractivity contribution < 1.29 is 28.6 Å². The highest BCUT2D eigenvalue weighted by atomic mass is 32.2. The largest absolute Gasteiger partial charge is 0.492 e. The number of carbonyl (C=O) groups is 3. The number of thioether (sulfide) groups is 1. The number of benzene rings is 1. The summed E-state index contributed by atoms with van der Waals surface area (Å²) in [7, 11) is 1.24. The van der Waals surface area contributed by atoms with Gasteiger partial charge < -0.3 is 19.1 Å². The second-order valence-corrected chi connectivity index (χ2v) is 9.99. The van der Waals surface area contributed by atoms with Crippen molar-refractivity contribution in [2.75, 3.05) is 46.4 Å². The topological polar surface area (TPSA) is 122 Å². The minimum Gasteiger partial charge on any atom is -0.492 e. The first kappa shape index (κ1) is 27.2. The van der Waals surface area contributed by atoms with Gasteiger partial charge in [0.25, 0.3) is 5.91 Å². The fraction of sp³-hybridized carbons (Fsp3) is 0.458. The van der Waals surface area contributed by atoms with E-state index in [9.17, 15) is 14.4 Å². The molecule has 3 rings (SSSR count). The third-order valence-corrected chi connectivity index (χ3v) is 5.94. The van der Waals surface area contributed by atoms with Crippen molar-refractivity contribution in [1.82, 2.24) is 15.1 Å². The molecule has 36 heavy (non-hydrogen) atoms. The van der Waals surface area contributed by atoms with Crippen LogP contribution in [0.15, 0.2) is 45.4 Å². The predicted octanol–water partition coefficient (Wildman–Crippen LogP) is 2.23. The normalized spacial score (nSPS) is 19.1. The van der Waals surface area contributed by atoms with Crippen LogP contribution in [0.5, 0.6) is 5.75 Å². The molecule has 0 bridgehead atoms. The summed E-state index contributed by atoms with van der Waals surface area (Å²) < 4.78 is 15.8. The number of nitrogens with zero attached hydrogens (tertiary/aromatic N) is 4. The maximum Gasteiger partial charge on any atom is 0.410 e. The van der Waals surface area contributed by atoms with Gasteiger partial charge in [-0.15, -0.1) is 5.10 Å². The van der Waals surface area contributed by atoms with Gasteiger partial charge in [-0.25, -0.2) is 9.59 Å². The average Bonchev–Trinajstić information content (AvgIpc) is 3.18. The van der Waals surface area contributed by atoms with Gasteiger partial charge in [-0.2, -0.15) is 5.10 Å². The molecule has 2 fully saturated rings. The molecule has 0 aromatic heterocycles. The first-order valence-corrected chi connectivity index (χ1v) is 12.3. The van der Waals surface area contributed by atoms with Crippen LogP contribution in [-0.2, 0) is 19.1 Å². The molecule has 2 aliphatic heterocycles. The first-order valence-electron chi connectivity index (χ1n) is 11.5. The molecule has 0 unspecified atom stereocenters. The van der Waals surface area contributed by atoms with Gasteiger partial charge in [0.15, 0.2) is 5.17 Å². The van der Waals surface area contributed by atoms with Crippen molar-refractivity contribution in [3.8, 4) is 5.75 Å². The second-order valence-electron chi connectivity index (χ2n) is 8.96. The Morgan fingerprint density at radius 1 is 1.14 bits per heavy atom. The predicted molar refractivity (Wildman–Crippen MR) is 137 cm³/mol. The number of rotatable bonds is 7. The van der Waals surface area contributed by atoms with Gasteiger partial charge in [0.1, 0.15) is 18.0 Å². The van der Waals surface area contributed by atoms with Crippen LogP contribution < -0.4 is 10.1 Å². The summed E-state index contributed by atoms with van der Waals surface area (Å²) in [5, 5.41) is 10.8. The summed E-state index contributed by atoms with van der Waals surface area (Å²) in [6.07, 6.45) is 2.39. The zero-order chi connectivity index (χ0) is 26.1. The summed E-state index contributed by atoms with van der Waals surface area (Å²) in [6.45, 7) is 9.72. The van der Waals surface area contributed by atoms with Gasteiger partial charge in [0.05, 0.1) is 18.2 Å². The van der Waals surface area contributed by atoms with Crippen molar-refractivity contribution in [3.63, 3.8) is 0 Å². The van der Waals surface area contributed by atoms with Crippen LogP contribution in [0.2, 0.25) is 0 Å². The molecule has 0 atom stereocenters. The molecular formula is C24H31N5O6S. The Balaban J connectivity index is 1.38. The van der Waals surface area contributed by atoms with E-state index in [-0.39, 0.29) is 16.2 Å². The van der Waals surface area contributed by atoms with Crippen LogP contribution in [0, 0.1) is 0 Å². The maximum atomic E-state index is 12.2. The standard InChI is InChI=1S/C24H31N5O6S/c1-24(2,3)35-23(32)29-11-9-28(10-12-29)13-14-34-18-7-5-17(6-8-18)16-25-27-22-26-21(31)19(36-22)15-20(30)33-4/h5-8,15-16H,9-14H2,1-4H3,(H,26,27,31)/b19-15+,25-16?. The molecule has 12 heteroatoms. The first-order chi connectivity index (χ1) is 17.1. The minimum absolute atomic E-state index is 0.197. The fourth-order valence-electron chi connectivity index (χ4n) is 3.21. The number of amides is 2. The molecule has 0 spiro atoms. The molecule has 2 amide bonds. The SMILES string of the molecule is COC(=O)/C=C1/S/C(=N\N=Cc2ccc(OCCN3CCN(C(=O)OC(C)(C)C)CC3)cc2)NC1=O. The monoisotopic (exact) mass is 517 g/mol. The van der Waals surface area contributed by atoms with Gasteiger partial charge >= 0.3 is 12.1 Å². The minimum atomic E-state index is -0.611. The lowest BCUT2D eigenvalue weighted by Crippen LogP contribution is -2.50. The van der Waals surface area contributed by atoms with E-state index in [1.54, 1.807) is 11.1 Å². The highest BCUT2D eigenvalue weighted by molar-refractivity contribution is 8.18. The molecule has 2 heterocycles. The van der Waals surface area contributed by atoms with Gasteiger partial charge in [-0.3, -0.25) is 15.0 Å². The molecule has 1 N–H and O–H groups in total. The van der Waals surface area contributed by atoms with Gasteiger partial charge in [0.2, 0.25) is 0 Å². The van der Waals surface area contributed by atoms with E-state index in [2.05, 4.69) is 25.2 Å². The van der Waals surface area contributed by atoms with Gasteiger partial charge in [-0.1, -0.05) is 0 Å². The molecule has 0 aliphatic carbocycles. The van der Waals surface area contributed by atoms with Crippen LogP contribution in [0.25, 0.3) is 0 Å². The lowest BCUT2D eigenvalue weighted by Gasteiger charge is -2.35. The lowest BCUT2D eigenvalue weighted by molar-refractivity contribution is -0.135. The van der Waals surface area contributed by atoms with Crippen LogP contribution in [-0.4, -0.2) is 91.2 Å². The Bertz CT molecular complexity index is 1040. The molecule has 2 saturated heterocycles. The smallest absolute Gasteiger partial charge is 0.410 e. The van der Waals surface area contributed by atoms with Crippen molar-refractivity contribution in [2.24, 2.45) is 10.2 Å². The highest BCUT2D eigenvalue weighted by Crippen LogP contribution is 2.23. The van der Waals surface area contributed by atoms with Crippen LogP contribution in [0.4, 0.5) is 4.79 Å². The Hall–Kier alpha value is -3.38. The number of methoxy groups -OCH3 is 1. The summed E-state index contributed by atoms with van der Waals surface area (Å²) in [6, 6.07) is 7.39. The molecule has 0 radical (unpaired) electrons. The average molecular weight is 518 g/mol. The van der Waals surface area contributed by atoms with Crippen LogP contribution in [0.3, 0.4) is 0 Å². The highest BCUT2D eigenvalue weighted by Gasteiger charge is 2.26. The number of hydrogen-bond donors (Lipinski definition) is 1. The Morgan fingerprint density at radius 2 is 1.83 bits per heavy atom. The van der Waals surface area contributed by atoms with Crippen LogP contribution >= 0.6 is 11.8 Å². The van der Waals surface area contributed by atoms with Crippen molar-refractivity contribution in [3.05, 3.63) is 40.8 Å². The molecule has 194 valence electrons. The molecular weight excluding hydrogens is 486 g/mol. The summed E-state index contributed by atoms with van der Waals surface area (Å²) in [5.74, 6) is -0.298. The van der Waals surface area contributed by atoms with E-state index in [1.165, 1.54) is 7.11 Å². The second kappa shape index (κ2) is 12.5. The number of amidine groups is 1. The number of ether oxygens (including phenoxy) is 3. The zero-order valence-electron chi connectivity index (χ0n) is 20.9. The number of hydrogen-bond acceptors (Lipinski definition) is 10. The Morgan fingerprint density at radius 3 is 2.47 bits per heavy atom. The van der Waals surface area contributed by atoms with E-state index in [4.69, 9.17) is 9.47 Å². The fourth-order valence-corrected chi connectivity index (χ4v) is 3.95. The number of nitrogens with one attached hydrogen (secondary N) is 1.